The van der Waals surface area contributed by atoms with Crippen LogP contribution in [-0.4, -0.2) is 4.98 Å². The Hall–Kier alpha value is -0.630. The van der Waals surface area contributed by atoms with E-state index in [1.54, 1.807) is 12.1 Å². The molecule has 0 saturated heterocycles. The van der Waals surface area contributed by atoms with Crippen LogP contribution in [0.5, 0.6) is 0 Å². The summed E-state index contributed by atoms with van der Waals surface area (Å²) < 4.78 is 1.60. The quantitative estimate of drug-likeness (QED) is 0.735. The molecule has 0 aliphatic rings. The van der Waals surface area contributed by atoms with Crippen molar-refractivity contribution in [1.82, 2.24) is 4.98 Å². The number of fused-ring (bicyclic) bond motifs is 1. The topological polar surface area (TPSA) is 36.7 Å². The summed E-state index contributed by atoms with van der Waals surface area (Å²) in [6.45, 7) is 0. The fraction of sp³-hybridized carbons (Fsp3) is 0. The average Bonchev–Trinajstić information content (AvgIpc) is 2.45. The standard InChI is InChI=1S/C8H2BrClN2S/c9-8-12-6-2-1-5(10)4(3-11)7(6)13-8/h1-2H. The van der Waals surface area contributed by atoms with E-state index in [2.05, 4.69) is 27.0 Å². The molecule has 1 aromatic heterocycles. The normalized spacial score (nSPS) is 10.2. The zero-order valence-corrected chi connectivity index (χ0v) is 9.37. The summed E-state index contributed by atoms with van der Waals surface area (Å²) in [6, 6.07) is 5.56. The van der Waals surface area contributed by atoms with E-state index in [9.17, 15) is 0 Å². The molecule has 0 aliphatic carbocycles. The van der Waals surface area contributed by atoms with Crippen LogP contribution in [0, 0.1) is 11.3 Å². The van der Waals surface area contributed by atoms with Gasteiger partial charge in [-0.3, -0.25) is 0 Å². The van der Waals surface area contributed by atoms with Gasteiger partial charge in [0.2, 0.25) is 0 Å². The molecule has 64 valence electrons. The average molecular weight is 274 g/mol. The number of nitriles is 1. The van der Waals surface area contributed by atoms with Gasteiger partial charge in [0.1, 0.15) is 6.07 Å². The van der Waals surface area contributed by atoms with E-state index >= 15 is 0 Å². The summed E-state index contributed by atoms with van der Waals surface area (Å²) in [5.41, 5.74) is 1.31. The Morgan fingerprint density at radius 1 is 1.54 bits per heavy atom. The van der Waals surface area contributed by atoms with Crippen molar-refractivity contribution >= 4 is 49.1 Å². The zero-order valence-electron chi connectivity index (χ0n) is 6.21. The molecule has 2 aromatic rings. The van der Waals surface area contributed by atoms with Gasteiger partial charge in [0, 0.05) is 0 Å². The van der Waals surface area contributed by atoms with E-state index in [4.69, 9.17) is 16.9 Å². The molecule has 5 heteroatoms. The molecular weight excluding hydrogens is 272 g/mol. The highest BCUT2D eigenvalue weighted by Gasteiger charge is 2.09. The molecule has 0 bridgehead atoms. The van der Waals surface area contributed by atoms with Crippen molar-refractivity contribution in [2.75, 3.05) is 0 Å². The third-order valence-electron chi connectivity index (χ3n) is 1.59. The molecular formula is C8H2BrClN2S. The van der Waals surface area contributed by atoms with Gasteiger partial charge >= 0.3 is 0 Å². The maximum atomic E-state index is 8.85. The monoisotopic (exact) mass is 272 g/mol. The molecule has 0 atom stereocenters. The lowest BCUT2D eigenvalue weighted by atomic mass is 10.2. The summed E-state index contributed by atoms with van der Waals surface area (Å²) in [5, 5.41) is 9.33. The minimum absolute atomic E-state index is 0.478. The summed E-state index contributed by atoms with van der Waals surface area (Å²) >= 11 is 10.5. The van der Waals surface area contributed by atoms with Crippen LogP contribution < -0.4 is 0 Å². The van der Waals surface area contributed by atoms with E-state index in [0.29, 0.717) is 10.6 Å². The van der Waals surface area contributed by atoms with Crippen molar-refractivity contribution in [1.29, 1.82) is 5.26 Å². The van der Waals surface area contributed by atoms with Crippen LogP contribution >= 0.6 is 38.9 Å². The Kier molecular flexibility index (Phi) is 2.24. The Morgan fingerprint density at radius 3 is 3.00 bits per heavy atom. The largest absolute Gasteiger partial charge is 0.229 e. The highest BCUT2D eigenvalue weighted by molar-refractivity contribution is 9.11. The lowest BCUT2D eigenvalue weighted by Crippen LogP contribution is -1.76. The predicted molar refractivity (Wildman–Crippen MR) is 57.0 cm³/mol. The number of rotatable bonds is 0. The van der Waals surface area contributed by atoms with Gasteiger partial charge in [-0.05, 0) is 28.1 Å². The van der Waals surface area contributed by atoms with E-state index in [-0.39, 0.29) is 0 Å². The maximum Gasteiger partial charge on any atom is 0.160 e. The Labute approximate surface area is 91.9 Å². The minimum atomic E-state index is 0.478. The van der Waals surface area contributed by atoms with Crippen LogP contribution in [0.3, 0.4) is 0 Å². The number of hydrogen-bond acceptors (Lipinski definition) is 3. The second-order valence-electron chi connectivity index (χ2n) is 2.35. The molecule has 0 N–H and O–H groups in total. The first-order valence-corrected chi connectivity index (χ1v) is 5.36. The van der Waals surface area contributed by atoms with Crippen molar-refractivity contribution < 1.29 is 0 Å². The molecule has 2 rings (SSSR count). The van der Waals surface area contributed by atoms with Gasteiger partial charge in [-0.1, -0.05) is 11.6 Å². The van der Waals surface area contributed by atoms with Crippen LogP contribution in [0.1, 0.15) is 5.56 Å². The van der Waals surface area contributed by atoms with Gasteiger partial charge < -0.3 is 0 Å². The molecule has 0 unspecified atom stereocenters. The Morgan fingerprint density at radius 2 is 2.31 bits per heavy atom. The van der Waals surface area contributed by atoms with Gasteiger partial charge in [-0.25, -0.2) is 4.98 Å². The number of aromatic nitrogens is 1. The number of nitrogens with zero attached hydrogens (tertiary/aromatic N) is 2. The minimum Gasteiger partial charge on any atom is -0.229 e. The summed E-state index contributed by atoms with van der Waals surface area (Å²) in [4.78, 5) is 4.19. The van der Waals surface area contributed by atoms with Crippen LogP contribution in [0.15, 0.2) is 16.0 Å². The number of thiazole rings is 1. The van der Waals surface area contributed by atoms with E-state index in [0.717, 1.165) is 14.1 Å². The molecule has 2 nitrogen and oxygen atoms in total. The molecule has 0 saturated carbocycles. The third-order valence-corrected chi connectivity index (χ3v) is 3.45. The molecule has 0 fully saturated rings. The highest BCUT2D eigenvalue weighted by Crippen LogP contribution is 2.32. The lowest BCUT2D eigenvalue weighted by Gasteiger charge is -1.93. The van der Waals surface area contributed by atoms with Crippen molar-refractivity contribution in [3.63, 3.8) is 0 Å². The summed E-state index contributed by atoms with van der Waals surface area (Å²) in [5.74, 6) is 0. The van der Waals surface area contributed by atoms with Gasteiger partial charge in [-0.15, -0.1) is 11.3 Å². The first kappa shape index (κ1) is 8.95. The molecule has 13 heavy (non-hydrogen) atoms. The molecule has 1 heterocycles. The van der Waals surface area contributed by atoms with E-state index in [1.807, 2.05) is 0 Å². The van der Waals surface area contributed by atoms with Crippen molar-refractivity contribution in [3.8, 4) is 6.07 Å². The molecule has 0 amide bonds. The van der Waals surface area contributed by atoms with Crippen molar-refractivity contribution in [3.05, 3.63) is 26.6 Å². The van der Waals surface area contributed by atoms with Crippen molar-refractivity contribution in [2.45, 2.75) is 0 Å². The van der Waals surface area contributed by atoms with Crippen LogP contribution in [0.2, 0.25) is 5.02 Å². The fourth-order valence-electron chi connectivity index (χ4n) is 1.04. The number of hydrogen-bond donors (Lipinski definition) is 0. The summed E-state index contributed by atoms with van der Waals surface area (Å²) in [6.07, 6.45) is 0. The van der Waals surface area contributed by atoms with Gasteiger partial charge in [0.15, 0.2) is 3.92 Å². The number of benzene rings is 1. The lowest BCUT2D eigenvalue weighted by molar-refractivity contribution is 1.44. The molecule has 0 aliphatic heterocycles. The predicted octanol–water partition coefficient (Wildman–Crippen LogP) is 3.58. The Bertz CT molecular complexity index is 515. The second kappa shape index (κ2) is 3.26. The maximum absolute atomic E-state index is 8.85. The second-order valence-corrected chi connectivity index (χ2v) is 5.03. The SMILES string of the molecule is N#Cc1c(Cl)ccc2nc(Br)sc12. The van der Waals surface area contributed by atoms with Gasteiger partial charge in [0.25, 0.3) is 0 Å². The third kappa shape index (κ3) is 1.44. The first-order chi connectivity index (χ1) is 6.22. The van der Waals surface area contributed by atoms with E-state index < -0.39 is 0 Å². The summed E-state index contributed by atoms with van der Waals surface area (Å²) in [7, 11) is 0. The van der Waals surface area contributed by atoms with Crippen molar-refractivity contribution in [2.24, 2.45) is 0 Å². The molecule has 1 aromatic carbocycles. The molecule has 0 radical (unpaired) electrons. The number of halogens is 2. The van der Waals surface area contributed by atoms with Crippen LogP contribution in [0.25, 0.3) is 10.2 Å². The smallest absolute Gasteiger partial charge is 0.160 e. The van der Waals surface area contributed by atoms with Crippen LogP contribution in [-0.2, 0) is 0 Å². The van der Waals surface area contributed by atoms with Crippen LogP contribution in [0.4, 0.5) is 0 Å². The van der Waals surface area contributed by atoms with Gasteiger partial charge in [0.05, 0.1) is 20.8 Å². The Balaban J connectivity index is 2.93. The first-order valence-electron chi connectivity index (χ1n) is 3.37. The fourth-order valence-corrected chi connectivity index (χ4v) is 2.77. The highest BCUT2D eigenvalue weighted by atomic mass is 79.9. The molecule has 0 spiro atoms. The van der Waals surface area contributed by atoms with Gasteiger partial charge in [-0.2, -0.15) is 5.26 Å². The van der Waals surface area contributed by atoms with E-state index in [1.165, 1.54) is 11.3 Å². The zero-order chi connectivity index (χ0) is 9.42.